The van der Waals surface area contributed by atoms with Crippen molar-refractivity contribution in [3.63, 3.8) is 0 Å². The van der Waals surface area contributed by atoms with E-state index in [1.54, 1.807) is 17.1 Å². The largest absolute Gasteiger partial charge is 0.485 e. The molecule has 0 spiro atoms. The fraction of sp³-hybridized carbons (Fsp3) is 0.118. The van der Waals surface area contributed by atoms with Gasteiger partial charge >= 0.3 is 0 Å². The molecule has 0 atom stereocenters. The van der Waals surface area contributed by atoms with Crippen LogP contribution in [0.25, 0.3) is 22.4 Å². The van der Waals surface area contributed by atoms with Crippen LogP contribution in [0.3, 0.4) is 0 Å². The average molecular weight is 291 g/mol. The molecule has 108 valence electrons. The van der Waals surface area contributed by atoms with E-state index in [0.29, 0.717) is 11.3 Å². The number of fused-ring (bicyclic) bond motifs is 1. The standard InChI is InChI=1S/C17H13N3O2/c1-20-9-14(17(19-20)11-4-6-18-7-5-11)12-2-3-16-13(8-12)15(21)10-22-16/h2-9H,10H2,1H3. The number of Topliss-reactive ketones (excluding diaryl/α,β-unsaturated/α-hetero) is 1. The normalized spacial score (nSPS) is 13.0. The molecule has 3 heterocycles. The van der Waals surface area contributed by atoms with Gasteiger partial charge in [-0.1, -0.05) is 6.07 Å². The zero-order valence-corrected chi connectivity index (χ0v) is 12.0. The van der Waals surface area contributed by atoms with Crippen molar-refractivity contribution in [2.24, 2.45) is 7.05 Å². The number of hydrogen-bond donors (Lipinski definition) is 0. The summed E-state index contributed by atoms with van der Waals surface area (Å²) in [4.78, 5) is 15.9. The summed E-state index contributed by atoms with van der Waals surface area (Å²) in [5.74, 6) is 0.675. The second-order valence-electron chi connectivity index (χ2n) is 5.22. The van der Waals surface area contributed by atoms with Crippen LogP contribution in [-0.2, 0) is 7.05 Å². The Hall–Kier alpha value is -2.95. The lowest BCUT2D eigenvalue weighted by Crippen LogP contribution is -1.98. The number of rotatable bonds is 2. The molecule has 4 rings (SSSR count). The Kier molecular flexibility index (Phi) is 2.79. The Labute approximate surface area is 127 Å². The van der Waals surface area contributed by atoms with Gasteiger partial charge in [0.05, 0.1) is 5.56 Å². The van der Waals surface area contributed by atoms with E-state index in [0.717, 1.165) is 22.4 Å². The Bertz CT molecular complexity index is 869. The first-order valence-corrected chi connectivity index (χ1v) is 6.97. The maximum absolute atomic E-state index is 11.9. The molecule has 22 heavy (non-hydrogen) atoms. The van der Waals surface area contributed by atoms with Gasteiger partial charge in [0.25, 0.3) is 0 Å². The number of ether oxygens (including phenoxy) is 1. The molecule has 0 saturated carbocycles. The molecule has 0 fully saturated rings. The summed E-state index contributed by atoms with van der Waals surface area (Å²) in [7, 11) is 1.88. The van der Waals surface area contributed by atoms with Crippen molar-refractivity contribution >= 4 is 5.78 Å². The predicted octanol–water partition coefficient (Wildman–Crippen LogP) is 2.72. The summed E-state index contributed by atoms with van der Waals surface area (Å²) in [6, 6.07) is 9.53. The minimum absolute atomic E-state index is 0.0196. The van der Waals surface area contributed by atoms with E-state index in [1.165, 1.54) is 0 Å². The SMILES string of the molecule is Cn1cc(-c2ccc3c(c2)C(=O)CO3)c(-c2ccncc2)n1. The zero-order chi connectivity index (χ0) is 15.1. The number of benzene rings is 1. The van der Waals surface area contributed by atoms with Crippen LogP contribution in [0.15, 0.2) is 48.9 Å². The molecule has 0 aliphatic carbocycles. The molecule has 5 heteroatoms. The molecular formula is C17H13N3O2. The van der Waals surface area contributed by atoms with Gasteiger partial charge in [0.2, 0.25) is 5.78 Å². The fourth-order valence-electron chi connectivity index (χ4n) is 2.69. The molecule has 0 saturated heterocycles. The molecule has 0 unspecified atom stereocenters. The highest BCUT2D eigenvalue weighted by Gasteiger charge is 2.22. The van der Waals surface area contributed by atoms with Gasteiger partial charge in [-0.25, -0.2) is 0 Å². The number of carbonyl (C=O) groups excluding carboxylic acids is 1. The third-order valence-electron chi connectivity index (χ3n) is 3.73. The van der Waals surface area contributed by atoms with E-state index in [4.69, 9.17) is 4.74 Å². The van der Waals surface area contributed by atoms with Gasteiger partial charge in [-0.3, -0.25) is 14.5 Å². The number of aryl methyl sites for hydroxylation is 1. The molecule has 1 aromatic carbocycles. The van der Waals surface area contributed by atoms with Crippen molar-refractivity contribution in [2.75, 3.05) is 6.61 Å². The topological polar surface area (TPSA) is 57.0 Å². The number of hydrogen-bond acceptors (Lipinski definition) is 4. The first-order valence-electron chi connectivity index (χ1n) is 6.97. The first kappa shape index (κ1) is 12.8. The van der Waals surface area contributed by atoms with Crippen molar-refractivity contribution in [3.8, 4) is 28.1 Å². The van der Waals surface area contributed by atoms with Crippen LogP contribution in [0, 0.1) is 0 Å². The number of aromatic nitrogens is 3. The lowest BCUT2D eigenvalue weighted by Gasteiger charge is -2.04. The van der Waals surface area contributed by atoms with Crippen LogP contribution < -0.4 is 4.74 Å². The van der Waals surface area contributed by atoms with Crippen LogP contribution >= 0.6 is 0 Å². The van der Waals surface area contributed by atoms with Crippen LogP contribution in [0.2, 0.25) is 0 Å². The van der Waals surface area contributed by atoms with E-state index in [-0.39, 0.29) is 12.4 Å². The number of nitrogens with zero attached hydrogens (tertiary/aromatic N) is 3. The molecule has 0 bridgehead atoms. The van der Waals surface area contributed by atoms with E-state index >= 15 is 0 Å². The zero-order valence-electron chi connectivity index (χ0n) is 12.0. The van der Waals surface area contributed by atoms with Gasteiger partial charge in [-0.15, -0.1) is 0 Å². The van der Waals surface area contributed by atoms with Gasteiger partial charge < -0.3 is 4.74 Å². The molecule has 0 radical (unpaired) electrons. The highest BCUT2D eigenvalue weighted by Crippen LogP contribution is 2.34. The third kappa shape index (κ3) is 1.98. The lowest BCUT2D eigenvalue weighted by molar-refractivity contribution is 0.0961. The summed E-state index contributed by atoms with van der Waals surface area (Å²) in [6.07, 6.45) is 5.44. The maximum atomic E-state index is 11.9. The summed E-state index contributed by atoms with van der Waals surface area (Å²) in [5.41, 5.74) is 4.45. The molecule has 0 amide bonds. The second kappa shape index (κ2) is 4.80. The molecule has 2 aromatic heterocycles. The number of pyridine rings is 1. The van der Waals surface area contributed by atoms with Gasteiger partial charge in [0.1, 0.15) is 11.4 Å². The average Bonchev–Trinajstić information content (AvgIpc) is 3.11. The predicted molar refractivity (Wildman–Crippen MR) is 81.7 cm³/mol. The van der Waals surface area contributed by atoms with Crippen molar-refractivity contribution < 1.29 is 9.53 Å². The monoisotopic (exact) mass is 291 g/mol. The first-order chi connectivity index (χ1) is 10.7. The summed E-state index contributed by atoms with van der Waals surface area (Å²) in [6.45, 7) is 0.128. The van der Waals surface area contributed by atoms with Crippen molar-refractivity contribution in [3.05, 3.63) is 54.5 Å². The summed E-state index contributed by atoms with van der Waals surface area (Å²) in [5, 5.41) is 4.54. The Morgan fingerprint density at radius 3 is 2.73 bits per heavy atom. The molecular weight excluding hydrogens is 278 g/mol. The van der Waals surface area contributed by atoms with Crippen molar-refractivity contribution in [1.82, 2.24) is 14.8 Å². The second-order valence-corrected chi connectivity index (χ2v) is 5.22. The van der Waals surface area contributed by atoms with Crippen molar-refractivity contribution in [1.29, 1.82) is 0 Å². The van der Waals surface area contributed by atoms with E-state index in [2.05, 4.69) is 10.1 Å². The summed E-state index contributed by atoms with van der Waals surface area (Å²) >= 11 is 0. The van der Waals surface area contributed by atoms with Crippen molar-refractivity contribution in [2.45, 2.75) is 0 Å². The number of ketones is 1. The highest BCUT2D eigenvalue weighted by atomic mass is 16.5. The minimum atomic E-state index is 0.0196. The van der Waals surface area contributed by atoms with Crippen LogP contribution in [0.5, 0.6) is 5.75 Å². The van der Waals surface area contributed by atoms with E-state index < -0.39 is 0 Å². The highest BCUT2D eigenvalue weighted by molar-refractivity contribution is 6.03. The molecule has 1 aliphatic heterocycles. The molecule has 0 N–H and O–H groups in total. The summed E-state index contributed by atoms with van der Waals surface area (Å²) < 4.78 is 7.12. The Morgan fingerprint density at radius 2 is 1.91 bits per heavy atom. The van der Waals surface area contributed by atoms with Gasteiger partial charge in [-0.2, -0.15) is 5.10 Å². The third-order valence-corrected chi connectivity index (χ3v) is 3.73. The van der Waals surface area contributed by atoms with Crippen LogP contribution in [-0.4, -0.2) is 27.2 Å². The lowest BCUT2D eigenvalue weighted by atomic mass is 9.99. The minimum Gasteiger partial charge on any atom is -0.485 e. The maximum Gasteiger partial charge on any atom is 0.203 e. The van der Waals surface area contributed by atoms with E-state index in [9.17, 15) is 4.79 Å². The molecule has 1 aliphatic rings. The van der Waals surface area contributed by atoms with Crippen LogP contribution in [0.1, 0.15) is 10.4 Å². The molecule has 3 aromatic rings. The Morgan fingerprint density at radius 1 is 1.09 bits per heavy atom. The van der Waals surface area contributed by atoms with Gasteiger partial charge in [0.15, 0.2) is 6.61 Å². The van der Waals surface area contributed by atoms with Gasteiger partial charge in [0, 0.05) is 36.8 Å². The number of carbonyl (C=O) groups is 1. The Balaban J connectivity index is 1.88. The quantitative estimate of drug-likeness (QED) is 0.728. The van der Waals surface area contributed by atoms with E-state index in [1.807, 2.05) is 43.6 Å². The van der Waals surface area contributed by atoms with Gasteiger partial charge in [-0.05, 0) is 29.8 Å². The molecule has 5 nitrogen and oxygen atoms in total. The smallest absolute Gasteiger partial charge is 0.203 e. The van der Waals surface area contributed by atoms with Crippen LogP contribution in [0.4, 0.5) is 0 Å². The fourth-order valence-corrected chi connectivity index (χ4v) is 2.69.